The molecule has 0 aliphatic rings. The van der Waals surface area contributed by atoms with Gasteiger partial charge in [0.1, 0.15) is 0 Å². The number of amides is 1. The van der Waals surface area contributed by atoms with Gasteiger partial charge in [-0.1, -0.05) is 46.8 Å². The number of nitrogens with one attached hydrogen (secondary N) is 2. The molecule has 2 aromatic carbocycles. The minimum Gasteiger partial charge on any atom is -0.330 e. The Morgan fingerprint density at radius 1 is 1.07 bits per heavy atom. The summed E-state index contributed by atoms with van der Waals surface area (Å²) >= 11 is 8.76. The van der Waals surface area contributed by atoms with Gasteiger partial charge in [-0.2, -0.15) is 0 Å². The minimum absolute atomic E-state index is 0.107. The topological polar surface area (TPSA) is 66.9 Å². The average molecular weight is 419 g/mol. The summed E-state index contributed by atoms with van der Waals surface area (Å²) in [4.78, 5) is 12.2. The van der Waals surface area contributed by atoms with Crippen molar-refractivity contribution in [1.82, 2.24) is 10.2 Å². The van der Waals surface area contributed by atoms with Crippen molar-refractivity contribution >= 4 is 57.1 Å². The summed E-state index contributed by atoms with van der Waals surface area (Å²) < 4.78 is 0.735. The number of halogens is 1. The SMILES string of the molecule is Cc1ccc(Nc2nnc(SCC(=O)Nc3cc(Cl)ccc3C)s2)cc1C. The van der Waals surface area contributed by atoms with E-state index in [4.69, 9.17) is 11.6 Å². The molecule has 8 heteroatoms. The van der Waals surface area contributed by atoms with Crippen LogP contribution in [0.25, 0.3) is 0 Å². The number of hydrogen-bond acceptors (Lipinski definition) is 6. The van der Waals surface area contributed by atoms with Crippen LogP contribution < -0.4 is 10.6 Å². The lowest BCUT2D eigenvalue weighted by Crippen LogP contribution is -2.14. The van der Waals surface area contributed by atoms with Crippen LogP contribution in [0.1, 0.15) is 16.7 Å². The van der Waals surface area contributed by atoms with Crippen LogP contribution in [0.2, 0.25) is 5.02 Å². The molecule has 3 aromatic rings. The van der Waals surface area contributed by atoms with E-state index in [1.807, 2.05) is 19.1 Å². The molecule has 0 atom stereocenters. The summed E-state index contributed by atoms with van der Waals surface area (Å²) in [7, 11) is 0. The fraction of sp³-hybridized carbons (Fsp3) is 0.211. The Kier molecular flexibility index (Phi) is 6.36. The highest BCUT2D eigenvalue weighted by atomic mass is 35.5. The van der Waals surface area contributed by atoms with Crippen LogP contribution in [-0.4, -0.2) is 21.9 Å². The van der Waals surface area contributed by atoms with Crippen molar-refractivity contribution in [2.75, 3.05) is 16.4 Å². The first kappa shape index (κ1) is 19.7. The predicted molar refractivity (Wildman–Crippen MR) is 115 cm³/mol. The van der Waals surface area contributed by atoms with E-state index in [-0.39, 0.29) is 11.7 Å². The van der Waals surface area contributed by atoms with Crippen molar-refractivity contribution in [1.29, 1.82) is 0 Å². The normalized spacial score (nSPS) is 10.7. The number of hydrogen-bond donors (Lipinski definition) is 2. The second kappa shape index (κ2) is 8.73. The summed E-state index contributed by atoms with van der Waals surface area (Å²) in [5, 5.41) is 15.7. The smallest absolute Gasteiger partial charge is 0.234 e. The molecule has 0 aliphatic carbocycles. The first-order chi connectivity index (χ1) is 12.9. The number of aryl methyl sites for hydroxylation is 3. The van der Waals surface area contributed by atoms with Gasteiger partial charge in [0.15, 0.2) is 4.34 Å². The molecule has 0 fully saturated rings. The summed E-state index contributed by atoms with van der Waals surface area (Å²) in [6.45, 7) is 6.07. The van der Waals surface area contributed by atoms with E-state index in [1.54, 1.807) is 12.1 Å². The van der Waals surface area contributed by atoms with Crippen LogP contribution in [0, 0.1) is 20.8 Å². The quantitative estimate of drug-likeness (QED) is 0.510. The van der Waals surface area contributed by atoms with Gasteiger partial charge < -0.3 is 10.6 Å². The Labute approximate surface area is 171 Å². The molecule has 0 radical (unpaired) electrons. The third-order valence-corrected chi connectivity index (χ3v) is 6.17. The molecule has 3 rings (SSSR count). The first-order valence-corrected chi connectivity index (χ1v) is 10.5. The number of rotatable bonds is 6. The fourth-order valence-electron chi connectivity index (χ4n) is 2.30. The fourth-order valence-corrected chi connectivity index (χ4v) is 4.05. The Hall–Kier alpha value is -2.09. The zero-order chi connectivity index (χ0) is 19.4. The molecule has 0 saturated carbocycles. The van der Waals surface area contributed by atoms with Crippen LogP contribution in [-0.2, 0) is 4.79 Å². The molecule has 1 amide bonds. The molecule has 0 spiro atoms. The molecule has 2 N–H and O–H groups in total. The Morgan fingerprint density at radius 3 is 2.63 bits per heavy atom. The summed E-state index contributed by atoms with van der Waals surface area (Å²) in [5.41, 5.74) is 5.12. The molecule has 0 aliphatic heterocycles. The van der Waals surface area contributed by atoms with Crippen LogP contribution in [0.3, 0.4) is 0 Å². The average Bonchev–Trinajstić information content (AvgIpc) is 3.07. The molecule has 0 saturated heterocycles. The van der Waals surface area contributed by atoms with E-state index in [9.17, 15) is 4.79 Å². The van der Waals surface area contributed by atoms with Gasteiger partial charge in [0.05, 0.1) is 5.75 Å². The van der Waals surface area contributed by atoms with Crippen molar-refractivity contribution in [3.05, 3.63) is 58.1 Å². The number of aromatic nitrogens is 2. The number of nitrogens with zero attached hydrogens (tertiary/aromatic N) is 2. The zero-order valence-corrected chi connectivity index (χ0v) is 17.6. The summed E-state index contributed by atoms with van der Waals surface area (Å²) in [6.07, 6.45) is 0. The number of carbonyl (C=O) groups is 1. The van der Waals surface area contributed by atoms with Gasteiger partial charge in [-0.25, -0.2) is 0 Å². The standard InChI is InChI=1S/C19H19ClN4OS2/c1-11-5-7-15(8-13(11)3)21-18-23-24-19(27-18)26-10-17(25)22-16-9-14(20)6-4-12(16)2/h4-9H,10H2,1-3H3,(H,21,23)(H,22,25). The largest absolute Gasteiger partial charge is 0.330 e. The molecule has 1 heterocycles. The predicted octanol–water partition coefficient (Wildman–Crippen LogP) is 5.59. The molecule has 0 bridgehead atoms. The maximum Gasteiger partial charge on any atom is 0.234 e. The maximum atomic E-state index is 12.2. The van der Waals surface area contributed by atoms with Crippen LogP contribution in [0.5, 0.6) is 0 Å². The molecule has 27 heavy (non-hydrogen) atoms. The van der Waals surface area contributed by atoms with Gasteiger partial charge in [0.25, 0.3) is 0 Å². The van der Waals surface area contributed by atoms with Crippen molar-refractivity contribution in [3.63, 3.8) is 0 Å². The van der Waals surface area contributed by atoms with Crippen LogP contribution in [0.4, 0.5) is 16.5 Å². The van der Waals surface area contributed by atoms with Gasteiger partial charge in [0.2, 0.25) is 11.0 Å². The van der Waals surface area contributed by atoms with E-state index in [2.05, 4.69) is 46.8 Å². The van der Waals surface area contributed by atoms with Gasteiger partial charge >= 0.3 is 0 Å². The number of carbonyl (C=O) groups excluding carboxylic acids is 1. The third kappa shape index (κ3) is 5.45. The minimum atomic E-state index is -0.107. The van der Waals surface area contributed by atoms with E-state index < -0.39 is 0 Å². The summed E-state index contributed by atoms with van der Waals surface area (Å²) in [5.74, 6) is 0.147. The monoisotopic (exact) mass is 418 g/mol. The molecule has 0 unspecified atom stereocenters. The third-order valence-electron chi connectivity index (χ3n) is 3.97. The highest BCUT2D eigenvalue weighted by Gasteiger charge is 2.10. The summed E-state index contributed by atoms with van der Waals surface area (Å²) in [6, 6.07) is 11.6. The molecule has 140 valence electrons. The van der Waals surface area contributed by atoms with Crippen molar-refractivity contribution in [2.45, 2.75) is 25.1 Å². The van der Waals surface area contributed by atoms with E-state index in [0.29, 0.717) is 10.2 Å². The van der Waals surface area contributed by atoms with Gasteiger partial charge in [-0.3, -0.25) is 4.79 Å². The highest BCUT2D eigenvalue weighted by molar-refractivity contribution is 8.01. The zero-order valence-electron chi connectivity index (χ0n) is 15.2. The second-order valence-electron chi connectivity index (χ2n) is 6.09. The second-order valence-corrected chi connectivity index (χ2v) is 8.73. The number of benzene rings is 2. The van der Waals surface area contributed by atoms with Crippen LogP contribution >= 0.6 is 34.7 Å². The molecular formula is C19H19ClN4OS2. The van der Waals surface area contributed by atoms with Crippen molar-refractivity contribution in [2.24, 2.45) is 0 Å². The van der Waals surface area contributed by atoms with Gasteiger partial charge in [-0.05, 0) is 61.7 Å². The van der Waals surface area contributed by atoms with E-state index in [1.165, 1.54) is 34.2 Å². The van der Waals surface area contributed by atoms with E-state index >= 15 is 0 Å². The van der Waals surface area contributed by atoms with Crippen molar-refractivity contribution < 1.29 is 4.79 Å². The molecular weight excluding hydrogens is 400 g/mol. The Bertz CT molecular complexity index is 974. The van der Waals surface area contributed by atoms with Crippen molar-refractivity contribution in [3.8, 4) is 0 Å². The molecule has 5 nitrogen and oxygen atoms in total. The van der Waals surface area contributed by atoms with Gasteiger partial charge in [-0.15, -0.1) is 10.2 Å². The lowest BCUT2D eigenvalue weighted by Gasteiger charge is -2.08. The van der Waals surface area contributed by atoms with E-state index in [0.717, 1.165) is 21.3 Å². The Morgan fingerprint density at radius 2 is 1.85 bits per heavy atom. The first-order valence-electron chi connectivity index (χ1n) is 8.27. The number of anilines is 3. The highest BCUT2D eigenvalue weighted by Crippen LogP contribution is 2.28. The Balaban J connectivity index is 1.55. The number of thioether (sulfide) groups is 1. The lowest BCUT2D eigenvalue weighted by molar-refractivity contribution is -0.113. The lowest BCUT2D eigenvalue weighted by atomic mass is 10.1. The molecule has 1 aromatic heterocycles. The maximum absolute atomic E-state index is 12.2. The van der Waals surface area contributed by atoms with Crippen LogP contribution in [0.15, 0.2) is 40.7 Å². The van der Waals surface area contributed by atoms with Gasteiger partial charge in [0, 0.05) is 16.4 Å².